The van der Waals surface area contributed by atoms with E-state index in [9.17, 15) is 9.59 Å². The summed E-state index contributed by atoms with van der Waals surface area (Å²) in [6.45, 7) is 5.04. The fourth-order valence-corrected chi connectivity index (χ4v) is 3.50. The summed E-state index contributed by atoms with van der Waals surface area (Å²) in [5.41, 5.74) is 3.13. The van der Waals surface area contributed by atoms with E-state index in [2.05, 4.69) is 17.2 Å². The molecule has 2 amide bonds. The standard InChI is InChI=1S/C24H24N2O5/c1-16-5-6-19(11-17(16)2)26-14-18(12-23(26)27)24(28)25-9-3-4-10-29-20-7-8-21-22(13-20)31-15-30-21/h5-8,11,13,18H,9-10,12,14-15H2,1-2H3,(H,25,28). The van der Waals surface area contributed by atoms with E-state index in [1.807, 2.05) is 32.0 Å². The number of ether oxygens (including phenoxy) is 3. The molecule has 4 rings (SSSR count). The Morgan fingerprint density at radius 2 is 1.97 bits per heavy atom. The van der Waals surface area contributed by atoms with Gasteiger partial charge in [-0.1, -0.05) is 17.9 Å². The number of hydrogen-bond acceptors (Lipinski definition) is 5. The van der Waals surface area contributed by atoms with Crippen molar-refractivity contribution in [3.63, 3.8) is 0 Å². The molecule has 2 heterocycles. The van der Waals surface area contributed by atoms with Gasteiger partial charge in [0.05, 0.1) is 12.5 Å². The molecule has 0 aliphatic carbocycles. The second-order valence-corrected chi connectivity index (χ2v) is 7.55. The first-order valence-electron chi connectivity index (χ1n) is 10.1. The number of nitrogens with one attached hydrogen (secondary N) is 1. The van der Waals surface area contributed by atoms with Crippen molar-refractivity contribution in [3.8, 4) is 29.1 Å². The average Bonchev–Trinajstić information content (AvgIpc) is 3.38. The molecule has 7 nitrogen and oxygen atoms in total. The van der Waals surface area contributed by atoms with Crippen LogP contribution in [0.5, 0.6) is 17.2 Å². The van der Waals surface area contributed by atoms with Gasteiger partial charge in [0.1, 0.15) is 12.4 Å². The van der Waals surface area contributed by atoms with Crippen LogP contribution in [0, 0.1) is 31.6 Å². The number of hydrogen-bond donors (Lipinski definition) is 1. The maximum atomic E-state index is 12.4. The molecule has 1 saturated heterocycles. The zero-order valence-electron chi connectivity index (χ0n) is 17.6. The molecule has 7 heteroatoms. The van der Waals surface area contributed by atoms with Crippen LogP contribution >= 0.6 is 0 Å². The van der Waals surface area contributed by atoms with E-state index < -0.39 is 0 Å². The van der Waals surface area contributed by atoms with Crippen LogP contribution in [0.25, 0.3) is 0 Å². The predicted molar refractivity (Wildman–Crippen MR) is 115 cm³/mol. The summed E-state index contributed by atoms with van der Waals surface area (Å²) in [7, 11) is 0. The van der Waals surface area contributed by atoms with Gasteiger partial charge in [0.2, 0.25) is 18.6 Å². The van der Waals surface area contributed by atoms with Gasteiger partial charge in [-0.05, 0) is 49.2 Å². The van der Waals surface area contributed by atoms with Crippen molar-refractivity contribution < 1.29 is 23.8 Å². The van der Waals surface area contributed by atoms with Crippen molar-refractivity contribution in [3.05, 3.63) is 47.5 Å². The highest BCUT2D eigenvalue weighted by molar-refractivity contribution is 6.00. The SMILES string of the molecule is Cc1ccc(N2CC(C(=O)NCC#CCOc3ccc4c(c3)OCO4)CC2=O)cc1C. The highest BCUT2D eigenvalue weighted by Crippen LogP contribution is 2.35. The van der Waals surface area contributed by atoms with Crippen LogP contribution in [-0.4, -0.2) is 38.3 Å². The van der Waals surface area contributed by atoms with E-state index in [1.165, 1.54) is 5.56 Å². The summed E-state index contributed by atoms with van der Waals surface area (Å²) in [5.74, 6) is 7.15. The quantitative estimate of drug-likeness (QED) is 0.753. The second-order valence-electron chi connectivity index (χ2n) is 7.55. The van der Waals surface area contributed by atoms with Gasteiger partial charge in [-0.15, -0.1) is 0 Å². The van der Waals surface area contributed by atoms with Gasteiger partial charge in [-0.2, -0.15) is 0 Å². The largest absolute Gasteiger partial charge is 0.481 e. The summed E-state index contributed by atoms with van der Waals surface area (Å²) in [5, 5.41) is 2.79. The monoisotopic (exact) mass is 420 g/mol. The van der Waals surface area contributed by atoms with Crippen molar-refractivity contribution in [2.75, 3.05) is 31.4 Å². The minimum Gasteiger partial charge on any atom is -0.481 e. The van der Waals surface area contributed by atoms with E-state index in [1.54, 1.807) is 23.1 Å². The molecule has 0 bridgehead atoms. The van der Waals surface area contributed by atoms with Gasteiger partial charge in [0.25, 0.3) is 0 Å². The normalized spacial score (nSPS) is 16.6. The Balaban J connectivity index is 1.22. The zero-order valence-corrected chi connectivity index (χ0v) is 17.6. The molecule has 31 heavy (non-hydrogen) atoms. The lowest BCUT2D eigenvalue weighted by Crippen LogP contribution is -2.33. The lowest BCUT2D eigenvalue weighted by Gasteiger charge is -2.17. The molecule has 0 radical (unpaired) electrons. The molecule has 2 aromatic carbocycles. The maximum Gasteiger partial charge on any atom is 0.231 e. The first-order chi connectivity index (χ1) is 15.0. The third-order valence-corrected chi connectivity index (χ3v) is 5.43. The molecule has 1 N–H and O–H groups in total. The molecule has 2 aliphatic heterocycles. The number of benzene rings is 2. The van der Waals surface area contributed by atoms with Gasteiger partial charge < -0.3 is 24.4 Å². The summed E-state index contributed by atoms with van der Waals surface area (Å²) in [6, 6.07) is 11.2. The Kier molecular flexibility index (Phi) is 5.99. The van der Waals surface area contributed by atoms with Gasteiger partial charge in [0.15, 0.2) is 11.5 Å². The Hall–Kier alpha value is -3.66. The van der Waals surface area contributed by atoms with E-state index in [4.69, 9.17) is 14.2 Å². The van der Waals surface area contributed by atoms with E-state index >= 15 is 0 Å². The van der Waals surface area contributed by atoms with E-state index in [0.29, 0.717) is 23.8 Å². The molecule has 1 atom stereocenters. The molecular formula is C24H24N2O5. The molecular weight excluding hydrogens is 396 g/mol. The Labute approximate surface area is 181 Å². The third kappa shape index (κ3) is 4.75. The van der Waals surface area contributed by atoms with Crippen LogP contribution in [-0.2, 0) is 9.59 Å². The van der Waals surface area contributed by atoms with Crippen LogP contribution in [0.3, 0.4) is 0 Å². The smallest absolute Gasteiger partial charge is 0.231 e. The van der Waals surface area contributed by atoms with Gasteiger partial charge in [0, 0.05) is 24.7 Å². The number of aryl methyl sites for hydroxylation is 2. The molecule has 160 valence electrons. The van der Waals surface area contributed by atoms with Gasteiger partial charge in [-0.25, -0.2) is 0 Å². The number of fused-ring (bicyclic) bond motifs is 1. The lowest BCUT2D eigenvalue weighted by atomic mass is 10.1. The number of rotatable bonds is 5. The van der Waals surface area contributed by atoms with E-state index in [0.717, 1.165) is 11.3 Å². The summed E-state index contributed by atoms with van der Waals surface area (Å²) < 4.78 is 16.1. The fraction of sp³-hybridized carbons (Fsp3) is 0.333. The first kappa shape index (κ1) is 20.6. The van der Waals surface area contributed by atoms with Gasteiger partial charge >= 0.3 is 0 Å². The molecule has 1 unspecified atom stereocenters. The molecule has 0 saturated carbocycles. The second kappa shape index (κ2) is 9.00. The van der Waals surface area contributed by atoms with Crippen LogP contribution < -0.4 is 24.4 Å². The fourth-order valence-electron chi connectivity index (χ4n) is 3.50. The zero-order chi connectivity index (χ0) is 21.8. The highest BCUT2D eigenvalue weighted by atomic mass is 16.7. The summed E-state index contributed by atoms with van der Waals surface area (Å²) >= 11 is 0. The van der Waals surface area contributed by atoms with Crippen molar-refractivity contribution in [2.24, 2.45) is 5.92 Å². The van der Waals surface area contributed by atoms with Crippen molar-refractivity contribution in [2.45, 2.75) is 20.3 Å². The predicted octanol–water partition coefficient (Wildman–Crippen LogP) is 2.58. The highest BCUT2D eigenvalue weighted by Gasteiger charge is 2.35. The number of carbonyl (C=O) groups excluding carboxylic acids is 2. The number of carbonyl (C=O) groups is 2. The van der Waals surface area contributed by atoms with Crippen molar-refractivity contribution in [1.29, 1.82) is 0 Å². The molecule has 1 fully saturated rings. The van der Waals surface area contributed by atoms with Crippen LogP contribution in [0.4, 0.5) is 5.69 Å². The van der Waals surface area contributed by atoms with Crippen molar-refractivity contribution >= 4 is 17.5 Å². The summed E-state index contributed by atoms with van der Waals surface area (Å²) in [4.78, 5) is 26.5. The number of nitrogens with zero attached hydrogens (tertiary/aromatic N) is 1. The number of amides is 2. The first-order valence-corrected chi connectivity index (χ1v) is 10.1. The Morgan fingerprint density at radius 1 is 1.13 bits per heavy atom. The molecule has 0 spiro atoms. The van der Waals surface area contributed by atoms with E-state index in [-0.39, 0.29) is 44.1 Å². The third-order valence-electron chi connectivity index (χ3n) is 5.43. The average molecular weight is 420 g/mol. The van der Waals surface area contributed by atoms with Gasteiger partial charge in [-0.3, -0.25) is 9.59 Å². The lowest BCUT2D eigenvalue weighted by molar-refractivity contribution is -0.126. The minimum absolute atomic E-state index is 0.0355. The Morgan fingerprint density at radius 3 is 2.81 bits per heavy atom. The molecule has 0 aromatic heterocycles. The summed E-state index contributed by atoms with van der Waals surface area (Å²) in [6.07, 6.45) is 0.208. The van der Waals surface area contributed by atoms with Crippen LogP contribution in [0.1, 0.15) is 17.5 Å². The minimum atomic E-state index is -0.374. The molecule has 2 aromatic rings. The maximum absolute atomic E-state index is 12.4. The van der Waals surface area contributed by atoms with Crippen LogP contribution in [0.15, 0.2) is 36.4 Å². The Bertz CT molecular complexity index is 1070. The van der Waals surface area contributed by atoms with Crippen molar-refractivity contribution in [1.82, 2.24) is 5.32 Å². The van der Waals surface area contributed by atoms with Crippen LogP contribution in [0.2, 0.25) is 0 Å². The topological polar surface area (TPSA) is 77.1 Å². The molecule has 2 aliphatic rings. The number of anilines is 1.